The number of nitrogens with two attached hydrogens (primary N) is 1. The molecule has 3 N–H and O–H groups in total. The van der Waals surface area contributed by atoms with Crippen molar-refractivity contribution in [3.63, 3.8) is 0 Å². The molecule has 2 nitrogen and oxygen atoms in total. The first-order valence-electron chi connectivity index (χ1n) is 6.15. The van der Waals surface area contributed by atoms with Crippen LogP contribution in [-0.2, 0) is 0 Å². The van der Waals surface area contributed by atoms with Gasteiger partial charge in [0.1, 0.15) is 0 Å². The van der Waals surface area contributed by atoms with E-state index < -0.39 is 5.54 Å². The lowest BCUT2D eigenvalue weighted by atomic mass is 9.77. The molecule has 1 atom stereocenters. The normalized spacial score (nSPS) is 14.4. The number of aliphatic hydroxyl groups is 1. The third-order valence-corrected chi connectivity index (χ3v) is 3.27. The van der Waals surface area contributed by atoms with Crippen LogP contribution in [-0.4, -0.2) is 17.3 Å². The summed E-state index contributed by atoms with van der Waals surface area (Å²) >= 11 is 0. The van der Waals surface area contributed by atoms with Crippen LogP contribution in [0.3, 0.4) is 0 Å². The van der Waals surface area contributed by atoms with Gasteiger partial charge in [-0.25, -0.2) is 0 Å². The van der Waals surface area contributed by atoms with Gasteiger partial charge in [-0.15, -0.1) is 0 Å². The van der Waals surface area contributed by atoms with Crippen LogP contribution >= 0.6 is 0 Å². The Hall–Kier alpha value is -1.64. The highest BCUT2D eigenvalue weighted by atomic mass is 16.3. The Labute approximate surface area is 108 Å². The molecule has 2 aromatic carbocycles. The molecule has 0 aliphatic rings. The van der Waals surface area contributed by atoms with E-state index in [9.17, 15) is 5.11 Å². The van der Waals surface area contributed by atoms with Gasteiger partial charge in [0.2, 0.25) is 0 Å². The van der Waals surface area contributed by atoms with Gasteiger partial charge in [0, 0.05) is 11.5 Å². The number of benzene rings is 2. The molecule has 0 aliphatic heterocycles. The van der Waals surface area contributed by atoms with Gasteiger partial charge in [-0.1, -0.05) is 60.7 Å². The summed E-state index contributed by atoms with van der Waals surface area (Å²) in [6.45, 7) is 1.83. The van der Waals surface area contributed by atoms with Gasteiger partial charge in [-0.05, 0) is 18.1 Å². The molecule has 2 heteroatoms. The maximum atomic E-state index is 9.56. The van der Waals surface area contributed by atoms with Crippen LogP contribution in [0.15, 0.2) is 60.7 Å². The second-order valence-electron chi connectivity index (χ2n) is 4.92. The van der Waals surface area contributed by atoms with E-state index in [2.05, 4.69) is 24.3 Å². The third kappa shape index (κ3) is 2.61. The van der Waals surface area contributed by atoms with Crippen LogP contribution in [0.25, 0.3) is 0 Å². The fraction of sp³-hybridized carbons (Fsp3) is 0.250. The average Bonchev–Trinajstić information content (AvgIpc) is 2.41. The lowest BCUT2D eigenvalue weighted by Gasteiger charge is -2.33. The van der Waals surface area contributed by atoms with E-state index in [1.54, 1.807) is 0 Å². The highest BCUT2D eigenvalue weighted by Crippen LogP contribution is 2.32. The highest BCUT2D eigenvalue weighted by Gasteiger charge is 2.31. The van der Waals surface area contributed by atoms with Gasteiger partial charge in [0.25, 0.3) is 0 Å². The molecule has 2 rings (SSSR count). The van der Waals surface area contributed by atoms with E-state index in [0.29, 0.717) is 0 Å². The molecule has 0 spiro atoms. The quantitative estimate of drug-likeness (QED) is 0.864. The molecule has 18 heavy (non-hydrogen) atoms. The number of rotatable bonds is 4. The SMILES string of the molecule is CC(N)(CO)C(c1ccccc1)c1ccccc1. The molecule has 0 heterocycles. The van der Waals surface area contributed by atoms with Crippen molar-refractivity contribution in [2.75, 3.05) is 6.61 Å². The molecule has 94 valence electrons. The van der Waals surface area contributed by atoms with Crippen LogP contribution < -0.4 is 5.73 Å². The Morgan fingerprint density at radius 1 is 0.944 bits per heavy atom. The first-order valence-corrected chi connectivity index (χ1v) is 6.15. The maximum absolute atomic E-state index is 9.56. The second kappa shape index (κ2) is 5.34. The number of hydrogen-bond acceptors (Lipinski definition) is 2. The molecule has 1 unspecified atom stereocenters. The van der Waals surface area contributed by atoms with Crippen LogP contribution in [0, 0.1) is 0 Å². The van der Waals surface area contributed by atoms with Crippen LogP contribution in [0.4, 0.5) is 0 Å². The smallest absolute Gasteiger partial charge is 0.0617 e. The zero-order valence-electron chi connectivity index (χ0n) is 10.6. The summed E-state index contributed by atoms with van der Waals surface area (Å²) in [6.07, 6.45) is 0. The molecule has 0 aromatic heterocycles. The van der Waals surface area contributed by atoms with E-state index in [1.165, 1.54) is 0 Å². The largest absolute Gasteiger partial charge is 0.394 e. The summed E-state index contributed by atoms with van der Waals surface area (Å²) < 4.78 is 0. The van der Waals surface area contributed by atoms with Gasteiger partial charge >= 0.3 is 0 Å². The fourth-order valence-corrected chi connectivity index (χ4v) is 2.34. The van der Waals surface area contributed by atoms with E-state index in [0.717, 1.165) is 11.1 Å². The van der Waals surface area contributed by atoms with Gasteiger partial charge < -0.3 is 10.8 Å². The predicted octanol–water partition coefficient (Wildman–Crippen LogP) is 2.53. The maximum Gasteiger partial charge on any atom is 0.0617 e. The van der Waals surface area contributed by atoms with Crippen molar-refractivity contribution in [1.29, 1.82) is 0 Å². The van der Waals surface area contributed by atoms with Crippen molar-refractivity contribution in [2.24, 2.45) is 5.73 Å². The highest BCUT2D eigenvalue weighted by molar-refractivity contribution is 5.36. The lowest BCUT2D eigenvalue weighted by molar-refractivity contribution is 0.194. The summed E-state index contributed by atoms with van der Waals surface area (Å²) in [5.74, 6) is -0.00935. The second-order valence-corrected chi connectivity index (χ2v) is 4.92. The Balaban J connectivity index is 2.49. The molecule has 0 amide bonds. The summed E-state index contributed by atoms with van der Waals surface area (Å²) in [4.78, 5) is 0. The van der Waals surface area contributed by atoms with Crippen LogP contribution in [0.2, 0.25) is 0 Å². The van der Waals surface area contributed by atoms with E-state index >= 15 is 0 Å². The van der Waals surface area contributed by atoms with Crippen molar-refractivity contribution in [3.8, 4) is 0 Å². The lowest BCUT2D eigenvalue weighted by Crippen LogP contribution is -2.46. The monoisotopic (exact) mass is 241 g/mol. The van der Waals surface area contributed by atoms with Crippen molar-refractivity contribution < 1.29 is 5.11 Å². The zero-order valence-corrected chi connectivity index (χ0v) is 10.6. The van der Waals surface area contributed by atoms with E-state index in [-0.39, 0.29) is 12.5 Å². The van der Waals surface area contributed by atoms with Crippen molar-refractivity contribution in [3.05, 3.63) is 71.8 Å². The summed E-state index contributed by atoms with van der Waals surface area (Å²) in [7, 11) is 0. The fourth-order valence-electron chi connectivity index (χ4n) is 2.34. The van der Waals surface area contributed by atoms with Crippen LogP contribution in [0.1, 0.15) is 24.0 Å². The molecule has 0 fully saturated rings. The molecule has 0 radical (unpaired) electrons. The number of aliphatic hydroxyl groups excluding tert-OH is 1. The van der Waals surface area contributed by atoms with Crippen molar-refractivity contribution >= 4 is 0 Å². The minimum Gasteiger partial charge on any atom is -0.394 e. The molecular formula is C16H19NO. The van der Waals surface area contributed by atoms with Gasteiger partial charge in [-0.2, -0.15) is 0 Å². The average molecular weight is 241 g/mol. The predicted molar refractivity (Wildman–Crippen MR) is 74.4 cm³/mol. The molecule has 0 saturated heterocycles. The van der Waals surface area contributed by atoms with Crippen LogP contribution in [0.5, 0.6) is 0 Å². The Morgan fingerprint density at radius 2 is 1.33 bits per heavy atom. The minimum absolute atomic E-state index is 0.00935. The Kier molecular flexibility index (Phi) is 3.80. The van der Waals surface area contributed by atoms with Gasteiger partial charge in [0.15, 0.2) is 0 Å². The first kappa shape index (κ1) is 12.8. The van der Waals surface area contributed by atoms with Gasteiger partial charge in [0.05, 0.1) is 6.61 Å². The Bertz CT molecular complexity index is 439. The summed E-state index contributed by atoms with van der Waals surface area (Å²) in [6, 6.07) is 20.2. The topological polar surface area (TPSA) is 46.2 Å². The summed E-state index contributed by atoms with van der Waals surface area (Å²) in [5, 5.41) is 9.56. The van der Waals surface area contributed by atoms with E-state index in [1.807, 2.05) is 43.3 Å². The first-order chi connectivity index (χ1) is 8.65. The molecule has 0 saturated carbocycles. The van der Waals surface area contributed by atoms with E-state index in [4.69, 9.17) is 5.73 Å². The summed E-state index contributed by atoms with van der Waals surface area (Å²) in [5.41, 5.74) is 7.85. The molecule has 2 aromatic rings. The van der Waals surface area contributed by atoms with Crippen molar-refractivity contribution in [2.45, 2.75) is 18.4 Å². The standard InChI is InChI=1S/C16H19NO/c1-16(17,12-18)15(13-8-4-2-5-9-13)14-10-6-3-7-11-14/h2-11,15,18H,12,17H2,1H3. The number of hydrogen-bond donors (Lipinski definition) is 2. The Morgan fingerprint density at radius 3 is 1.67 bits per heavy atom. The molecule has 0 aliphatic carbocycles. The molecular weight excluding hydrogens is 222 g/mol. The molecule has 0 bridgehead atoms. The van der Waals surface area contributed by atoms with Gasteiger partial charge in [-0.3, -0.25) is 0 Å². The minimum atomic E-state index is -0.678. The third-order valence-electron chi connectivity index (χ3n) is 3.27. The zero-order chi connectivity index (χ0) is 13.0. The van der Waals surface area contributed by atoms with Crippen molar-refractivity contribution in [1.82, 2.24) is 0 Å².